The lowest BCUT2D eigenvalue weighted by Crippen LogP contribution is -2.56. The number of rotatable bonds is 5. The minimum atomic E-state index is -0.435. The molecule has 0 aliphatic carbocycles. The molecule has 2 heterocycles. The third kappa shape index (κ3) is 4.43. The van der Waals surface area contributed by atoms with Crippen molar-refractivity contribution in [3.63, 3.8) is 0 Å². The fourth-order valence-electron chi connectivity index (χ4n) is 2.63. The van der Waals surface area contributed by atoms with E-state index in [0.29, 0.717) is 18.8 Å². The Bertz CT molecular complexity index is 714. The molecule has 25 heavy (non-hydrogen) atoms. The van der Waals surface area contributed by atoms with E-state index in [4.69, 9.17) is 4.74 Å². The normalized spacial score (nSPS) is 20.0. The molecule has 0 saturated carbocycles. The first-order valence-corrected chi connectivity index (χ1v) is 8.16. The van der Waals surface area contributed by atoms with Crippen LogP contribution < -0.4 is 16.0 Å². The van der Waals surface area contributed by atoms with E-state index >= 15 is 0 Å². The molecule has 8 heteroatoms. The minimum absolute atomic E-state index is 0.0926. The molecule has 2 atom stereocenters. The van der Waals surface area contributed by atoms with E-state index < -0.39 is 6.04 Å². The second-order valence-corrected chi connectivity index (χ2v) is 5.77. The number of ether oxygens (including phenoxy) is 1. The Labute approximate surface area is 145 Å². The largest absolute Gasteiger partial charge is 0.375 e. The van der Waals surface area contributed by atoms with Crippen molar-refractivity contribution in [2.24, 2.45) is 0 Å². The number of amides is 2. The molecule has 1 aliphatic rings. The van der Waals surface area contributed by atoms with Crippen LogP contribution in [0.25, 0.3) is 5.69 Å². The average Bonchev–Trinajstić information content (AvgIpc) is 3.15. The molecule has 0 radical (unpaired) electrons. The maximum Gasteiger partial charge on any atom is 0.243 e. The van der Waals surface area contributed by atoms with Crippen LogP contribution >= 0.6 is 0 Å². The third-order valence-corrected chi connectivity index (χ3v) is 3.94. The predicted octanol–water partition coefficient (Wildman–Crippen LogP) is 0.304. The van der Waals surface area contributed by atoms with E-state index in [0.717, 1.165) is 5.69 Å². The highest BCUT2D eigenvalue weighted by atomic mass is 16.5. The topological polar surface area (TPSA) is 97.3 Å². The molecular weight excluding hydrogens is 322 g/mol. The van der Waals surface area contributed by atoms with Crippen molar-refractivity contribution in [2.45, 2.75) is 19.1 Å². The van der Waals surface area contributed by atoms with Gasteiger partial charge in [0.15, 0.2) is 0 Å². The quantitative estimate of drug-likeness (QED) is 0.726. The van der Waals surface area contributed by atoms with Crippen molar-refractivity contribution in [1.82, 2.24) is 20.4 Å². The third-order valence-electron chi connectivity index (χ3n) is 3.94. The van der Waals surface area contributed by atoms with E-state index in [1.807, 2.05) is 31.3 Å². The van der Waals surface area contributed by atoms with E-state index in [1.165, 1.54) is 0 Å². The number of hydrogen-bond acceptors (Lipinski definition) is 5. The Hall–Kier alpha value is -2.71. The Balaban J connectivity index is 1.48. The van der Waals surface area contributed by atoms with E-state index in [9.17, 15) is 9.59 Å². The zero-order chi connectivity index (χ0) is 17.6. The van der Waals surface area contributed by atoms with Crippen LogP contribution in [-0.4, -0.2) is 53.4 Å². The Kier molecular flexibility index (Phi) is 5.42. The predicted molar refractivity (Wildman–Crippen MR) is 92.4 cm³/mol. The van der Waals surface area contributed by atoms with Crippen LogP contribution in [0.5, 0.6) is 0 Å². The second kappa shape index (κ2) is 7.91. The molecule has 1 aliphatic heterocycles. The van der Waals surface area contributed by atoms with Gasteiger partial charge >= 0.3 is 0 Å². The first kappa shape index (κ1) is 17.1. The van der Waals surface area contributed by atoms with E-state index in [-0.39, 0.29) is 24.5 Å². The summed E-state index contributed by atoms with van der Waals surface area (Å²) >= 11 is 0. The highest BCUT2D eigenvalue weighted by Gasteiger charge is 2.28. The van der Waals surface area contributed by atoms with Crippen LogP contribution in [0.4, 0.5) is 5.69 Å². The number of nitrogens with one attached hydrogen (secondary N) is 3. The first-order valence-electron chi connectivity index (χ1n) is 8.16. The highest BCUT2D eigenvalue weighted by Crippen LogP contribution is 2.12. The van der Waals surface area contributed by atoms with Gasteiger partial charge in [0.05, 0.1) is 24.9 Å². The molecular formula is C17H21N5O3. The smallest absolute Gasteiger partial charge is 0.243 e. The van der Waals surface area contributed by atoms with Crippen molar-refractivity contribution >= 4 is 17.5 Å². The van der Waals surface area contributed by atoms with Gasteiger partial charge in [-0.2, -0.15) is 5.10 Å². The van der Waals surface area contributed by atoms with Crippen LogP contribution in [0.15, 0.2) is 42.7 Å². The number of benzene rings is 1. The molecule has 8 nitrogen and oxygen atoms in total. The van der Waals surface area contributed by atoms with Gasteiger partial charge < -0.3 is 20.7 Å². The molecule has 1 aromatic heterocycles. The van der Waals surface area contributed by atoms with Gasteiger partial charge in [0.25, 0.3) is 0 Å². The summed E-state index contributed by atoms with van der Waals surface area (Å²) in [5.74, 6) is -0.527. The standard InChI is InChI=1S/C17H21N5O3/c1-12-16(18-8-10-25-12)17(24)19-11-15(23)21-13-3-5-14(6-4-13)22-9-2-7-20-22/h2-7,9,12,16,18H,8,10-11H2,1H3,(H,19,24)(H,21,23)/t12-,16+/m1/s1. The monoisotopic (exact) mass is 343 g/mol. The molecule has 3 rings (SSSR count). The zero-order valence-electron chi connectivity index (χ0n) is 13.9. The molecule has 0 unspecified atom stereocenters. The van der Waals surface area contributed by atoms with Gasteiger partial charge in [0.2, 0.25) is 11.8 Å². The van der Waals surface area contributed by atoms with Gasteiger partial charge in [-0.1, -0.05) is 0 Å². The number of carbonyl (C=O) groups is 2. The fraction of sp³-hybridized carbons (Fsp3) is 0.353. The van der Waals surface area contributed by atoms with Crippen molar-refractivity contribution in [3.8, 4) is 5.69 Å². The summed E-state index contributed by atoms with van der Waals surface area (Å²) in [5, 5.41) is 12.6. The summed E-state index contributed by atoms with van der Waals surface area (Å²) in [6.45, 7) is 2.94. The van der Waals surface area contributed by atoms with Gasteiger partial charge in [-0.05, 0) is 37.3 Å². The van der Waals surface area contributed by atoms with Gasteiger partial charge in [-0.3, -0.25) is 9.59 Å². The van der Waals surface area contributed by atoms with Crippen molar-refractivity contribution in [1.29, 1.82) is 0 Å². The van der Waals surface area contributed by atoms with E-state index in [2.05, 4.69) is 21.0 Å². The summed E-state index contributed by atoms with van der Waals surface area (Å²) < 4.78 is 7.15. The number of morpholine rings is 1. The summed E-state index contributed by atoms with van der Waals surface area (Å²) in [5.41, 5.74) is 1.55. The average molecular weight is 343 g/mol. The second-order valence-electron chi connectivity index (χ2n) is 5.77. The van der Waals surface area contributed by atoms with Gasteiger partial charge in [0.1, 0.15) is 6.04 Å². The zero-order valence-corrected chi connectivity index (χ0v) is 13.9. The Morgan fingerprint density at radius 3 is 2.84 bits per heavy atom. The maximum atomic E-state index is 12.1. The lowest BCUT2D eigenvalue weighted by atomic mass is 10.1. The van der Waals surface area contributed by atoms with E-state index in [1.54, 1.807) is 23.0 Å². The molecule has 132 valence electrons. The Morgan fingerprint density at radius 2 is 2.16 bits per heavy atom. The molecule has 1 fully saturated rings. The first-order chi connectivity index (χ1) is 12.1. The van der Waals surface area contributed by atoms with Gasteiger partial charge in [-0.15, -0.1) is 0 Å². The van der Waals surface area contributed by atoms with Crippen LogP contribution in [-0.2, 0) is 14.3 Å². The van der Waals surface area contributed by atoms with Crippen LogP contribution in [0.2, 0.25) is 0 Å². The van der Waals surface area contributed by atoms with Gasteiger partial charge in [-0.25, -0.2) is 4.68 Å². The minimum Gasteiger partial charge on any atom is -0.375 e. The molecule has 3 N–H and O–H groups in total. The van der Waals surface area contributed by atoms with Crippen molar-refractivity contribution in [2.75, 3.05) is 25.0 Å². The molecule has 2 aromatic rings. The summed E-state index contributed by atoms with van der Waals surface area (Å²) in [6.07, 6.45) is 3.32. The SMILES string of the molecule is C[C@H]1OCCN[C@@H]1C(=O)NCC(=O)Nc1ccc(-n2cccn2)cc1. The summed E-state index contributed by atoms with van der Waals surface area (Å²) in [4.78, 5) is 24.1. The van der Waals surface area contributed by atoms with Crippen LogP contribution in [0.1, 0.15) is 6.92 Å². The molecule has 0 bridgehead atoms. The number of nitrogens with zero attached hydrogens (tertiary/aromatic N) is 2. The lowest BCUT2D eigenvalue weighted by molar-refractivity contribution is -0.130. The molecule has 2 amide bonds. The molecule has 0 spiro atoms. The van der Waals surface area contributed by atoms with Crippen LogP contribution in [0.3, 0.4) is 0 Å². The number of carbonyl (C=O) groups excluding carboxylic acids is 2. The summed E-state index contributed by atoms with van der Waals surface area (Å²) in [7, 11) is 0. The number of hydrogen-bond donors (Lipinski definition) is 3. The fourth-order valence-corrected chi connectivity index (χ4v) is 2.63. The van der Waals surface area contributed by atoms with Crippen molar-refractivity contribution in [3.05, 3.63) is 42.7 Å². The van der Waals surface area contributed by atoms with Gasteiger partial charge in [0, 0.05) is 24.6 Å². The lowest BCUT2D eigenvalue weighted by Gasteiger charge is -2.29. The number of anilines is 1. The van der Waals surface area contributed by atoms with Crippen LogP contribution in [0, 0.1) is 0 Å². The maximum absolute atomic E-state index is 12.1. The molecule has 1 saturated heterocycles. The Morgan fingerprint density at radius 1 is 1.36 bits per heavy atom. The summed E-state index contributed by atoms with van der Waals surface area (Å²) in [6, 6.07) is 8.68. The molecule has 1 aromatic carbocycles. The van der Waals surface area contributed by atoms with Crippen molar-refractivity contribution < 1.29 is 14.3 Å². The number of aromatic nitrogens is 2. The highest BCUT2D eigenvalue weighted by molar-refractivity contribution is 5.95.